The van der Waals surface area contributed by atoms with Crippen molar-refractivity contribution in [1.82, 2.24) is 9.78 Å². The van der Waals surface area contributed by atoms with Gasteiger partial charge in [0, 0.05) is 5.56 Å². The number of rotatable bonds is 7. The van der Waals surface area contributed by atoms with Gasteiger partial charge in [0.25, 0.3) is 11.8 Å². The van der Waals surface area contributed by atoms with E-state index in [0.717, 1.165) is 16.9 Å². The summed E-state index contributed by atoms with van der Waals surface area (Å²) in [7, 11) is 0. The molecule has 1 aromatic heterocycles. The first kappa shape index (κ1) is 24.4. The SMILES string of the molecule is Cc1cccc(C(=O)Nc2ccccc2C(=O)OCC(=O)Nc2c(C)nn(-c3ccccc3)c2C)c1. The van der Waals surface area contributed by atoms with Crippen molar-refractivity contribution in [3.05, 3.63) is 107 Å². The Hall–Kier alpha value is -4.72. The minimum Gasteiger partial charge on any atom is -0.452 e. The van der Waals surface area contributed by atoms with E-state index in [2.05, 4.69) is 15.7 Å². The summed E-state index contributed by atoms with van der Waals surface area (Å²) in [5.74, 6) is -1.57. The van der Waals surface area contributed by atoms with Crippen molar-refractivity contribution in [3.8, 4) is 5.69 Å². The van der Waals surface area contributed by atoms with Gasteiger partial charge in [-0.25, -0.2) is 9.48 Å². The first-order valence-electron chi connectivity index (χ1n) is 11.4. The third-order valence-electron chi connectivity index (χ3n) is 5.57. The summed E-state index contributed by atoms with van der Waals surface area (Å²) in [5.41, 5.74) is 4.68. The lowest BCUT2D eigenvalue weighted by Crippen LogP contribution is -2.22. The fourth-order valence-corrected chi connectivity index (χ4v) is 3.78. The van der Waals surface area contributed by atoms with Crippen LogP contribution in [0.1, 0.15) is 37.7 Å². The molecule has 0 radical (unpaired) electrons. The molecule has 0 aliphatic rings. The van der Waals surface area contributed by atoms with Gasteiger partial charge in [0.2, 0.25) is 0 Å². The number of nitrogens with zero attached hydrogens (tertiary/aromatic N) is 2. The average Bonchev–Trinajstić information content (AvgIpc) is 3.16. The van der Waals surface area contributed by atoms with Crippen LogP contribution >= 0.6 is 0 Å². The van der Waals surface area contributed by atoms with Crippen LogP contribution in [0.15, 0.2) is 78.9 Å². The minimum absolute atomic E-state index is 0.149. The lowest BCUT2D eigenvalue weighted by molar-refractivity contribution is -0.119. The van der Waals surface area contributed by atoms with E-state index in [0.29, 0.717) is 22.6 Å². The molecule has 1 heterocycles. The molecule has 0 atom stereocenters. The fraction of sp³-hybridized carbons (Fsp3) is 0.143. The molecule has 0 unspecified atom stereocenters. The van der Waals surface area contributed by atoms with Crippen molar-refractivity contribution in [1.29, 1.82) is 0 Å². The van der Waals surface area contributed by atoms with Crippen LogP contribution in [0.4, 0.5) is 11.4 Å². The van der Waals surface area contributed by atoms with E-state index in [1.54, 1.807) is 48.0 Å². The topological polar surface area (TPSA) is 102 Å². The monoisotopic (exact) mass is 482 g/mol. The summed E-state index contributed by atoms with van der Waals surface area (Å²) >= 11 is 0. The van der Waals surface area contributed by atoms with Crippen molar-refractivity contribution in [3.63, 3.8) is 0 Å². The number of benzene rings is 3. The van der Waals surface area contributed by atoms with Gasteiger partial charge in [-0.05, 0) is 57.2 Å². The summed E-state index contributed by atoms with van der Waals surface area (Å²) in [4.78, 5) is 38.0. The highest BCUT2D eigenvalue weighted by Crippen LogP contribution is 2.23. The molecule has 0 saturated carbocycles. The molecule has 4 aromatic rings. The maximum Gasteiger partial charge on any atom is 0.340 e. The van der Waals surface area contributed by atoms with Crippen molar-refractivity contribution in [2.75, 3.05) is 17.2 Å². The van der Waals surface area contributed by atoms with Crippen LogP contribution < -0.4 is 10.6 Å². The van der Waals surface area contributed by atoms with Gasteiger partial charge in [-0.2, -0.15) is 5.10 Å². The van der Waals surface area contributed by atoms with E-state index in [1.807, 2.05) is 50.2 Å². The maximum absolute atomic E-state index is 12.7. The zero-order valence-corrected chi connectivity index (χ0v) is 20.2. The van der Waals surface area contributed by atoms with E-state index in [-0.39, 0.29) is 11.5 Å². The van der Waals surface area contributed by atoms with Gasteiger partial charge >= 0.3 is 5.97 Å². The highest BCUT2D eigenvalue weighted by Gasteiger charge is 2.19. The van der Waals surface area contributed by atoms with Crippen molar-refractivity contribution < 1.29 is 19.1 Å². The third-order valence-corrected chi connectivity index (χ3v) is 5.57. The molecule has 3 aromatic carbocycles. The largest absolute Gasteiger partial charge is 0.452 e. The van der Waals surface area contributed by atoms with E-state index in [9.17, 15) is 14.4 Å². The Balaban J connectivity index is 1.41. The average molecular weight is 483 g/mol. The fourth-order valence-electron chi connectivity index (χ4n) is 3.78. The Morgan fingerprint density at radius 2 is 1.58 bits per heavy atom. The highest BCUT2D eigenvalue weighted by molar-refractivity contribution is 6.08. The first-order valence-corrected chi connectivity index (χ1v) is 11.4. The number of ether oxygens (including phenoxy) is 1. The molecule has 0 fully saturated rings. The molecule has 182 valence electrons. The van der Waals surface area contributed by atoms with Crippen LogP contribution in [-0.4, -0.2) is 34.2 Å². The molecule has 0 spiro atoms. The second kappa shape index (κ2) is 10.7. The van der Waals surface area contributed by atoms with Crippen molar-refractivity contribution >= 4 is 29.2 Å². The van der Waals surface area contributed by atoms with E-state index < -0.39 is 18.5 Å². The Bertz CT molecular complexity index is 1430. The molecule has 8 heteroatoms. The number of carbonyl (C=O) groups is 3. The van der Waals surface area contributed by atoms with Gasteiger partial charge in [-0.1, -0.05) is 48.0 Å². The number of para-hydroxylation sites is 2. The van der Waals surface area contributed by atoms with Crippen LogP contribution in [-0.2, 0) is 9.53 Å². The van der Waals surface area contributed by atoms with Gasteiger partial charge in [0.05, 0.1) is 34.0 Å². The molecule has 0 bridgehead atoms. The van der Waals surface area contributed by atoms with E-state index in [1.165, 1.54) is 6.07 Å². The molecular weight excluding hydrogens is 456 g/mol. The predicted octanol–water partition coefficient (Wildman–Crippen LogP) is 4.85. The third kappa shape index (κ3) is 5.50. The van der Waals surface area contributed by atoms with Crippen molar-refractivity contribution in [2.24, 2.45) is 0 Å². The first-order chi connectivity index (χ1) is 17.3. The maximum atomic E-state index is 12.7. The second-order valence-electron chi connectivity index (χ2n) is 8.29. The summed E-state index contributed by atoms with van der Waals surface area (Å²) in [6.07, 6.45) is 0. The smallest absolute Gasteiger partial charge is 0.340 e. The van der Waals surface area contributed by atoms with Gasteiger partial charge < -0.3 is 15.4 Å². The zero-order chi connectivity index (χ0) is 25.7. The number of carbonyl (C=O) groups excluding carboxylic acids is 3. The molecule has 8 nitrogen and oxygen atoms in total. The number of hydrogen-bond acceptors (Lipinski definition) is 5. The Morgan fingerprint density at radius 3 is 2.33 bits per heavy atom. The number of nitrogens with one attached hydrogen (secondary N) is 2. The van der Waals surface area contributed by atoms with E-state index >= 15 is 0 Å². The normalized spacial score (nSPS) is 10.5. The number of hydrogen-bond donors (Lipinski definition) is 2. The molecule has 36 heavy (non-hydrogen) atoms. The number of anilines is 2. The number of esters is 1. The van der Waals surface area contributed by atoms with Gasteiger partial charge in [-0.3, -0.25) is 9.59 Å². The van der Waals surface area contributed by atoms with Gasteiger partial charge in [0.1, 0.15) is 0 Å². The molecule has 2 N–H and O–H groups in total. The highest BCUT2D eigenvalue weighted by atomic mass is 16.5. The number of aryl methyl sites for hydroxylation is 2. The van der Waals surface area contributed by atoms with Crippen LogP contribution in [0.3, 0.4) is 0 Å². The quantitative estimate of drug-likeness (QED) is 0.367. The van der Waals surface area contributed by atoms with Crippen LogP contribution in [0.5, 0.6) is 0 Å². The number of amides is 2. The standard InChI is InChI=1S/C28H26N4O4/c1-18-10-9-11-21(16-18)27(34)29-24-15-8-7-14-23(24)28(35)36-17-25(33)30-26-19(2)31-32(20(26)3)22-12-5-4-6-13-22/h4-16H,17H2,1-3H3,(H,29,34)(H,30,33). The Kier molecular flexibility index (Phi) is 7.25. The van der Waals surface area contributed by atoms with Crippen LogP contribution in [0, 0.1) is 20.8 Å². The number of aromatic nitrogens is 2. The second-order valence-corrected chi connectivity index (χ2v) is 8.29. The van der Waals surface area contributed by atoms with E-state index in [4.69, 9.17) is 4.74 Å². The lowest BCUT2D eigenvalue weighted by Gasteiger charge is -2.12. The van der Waals surface area contributed by atoms with Crippen LogP contribution in [0.2, 0.25) is 0 Å². The van der Waals surface area contributed by atoms with Crippen LogP contribution in [0.25, 0.3) is 5.69 Å². The predicted molar refractivity (Wildman–Crippen MR) is 138 cm³/mol. The molecule has 2 amide bonds. The van der Waals surface area contributed by atoms with Crippen molar-refractivity contribution in [2.45, 2.75) is 20.8 Å². The molecule has 0 saturated heterocycles. The van der Waals surface area contributed by atoms with Gasteiger partial charge in [-0.15, -0.1) is 0 Å². The molecule has 0 aliphatic heterocycles. The summed E-state index contributed by atoms with van der Waals surface area (Å²) in [6.45, 7) is 5.04. The minimum atomic E-state index is -0.723. The summed E-state index contributed by atoms with van der Waals surface area (Å²) < 4.78 is 6.99. The molecule has 4 rings (SSSR count). The summed E-state index contributed by atoms with van der Waals surface area (Å²) in [6, 6.07) is 23.2. The summed E-state index contributed by atoms with van der Waals surface area (Å²) in [5, 5.41) is 10.0. The Morgan fingerprint density at radius 1 is 0.861 bits per heavy atom. The van der Waals surface area contributed by atoms with Gasteiger partial charge in [0.15, 0.2) is 6.61 Å². The lowest BCUT2D eigenvalue weighted by atomic mass is 10.1. The molecule has 0 aliphatic carbocycles. The Labute approximate surface area is 208 Å². The molecular formula is C28H26N4O4. The zero-order valence-electron chi connectivity index (χ0n) is 20.2.